The first-order chi connectivity index (χ1) is 6.50. The second-order valence-corrected chi connectivity index (χ2v) is 2.52. The van der Waals surface area contributed by atoms with Crippen LogP contribution in [0.5, 0.6) is 0 Å². The molecule has 0 heterocycles. The van der Waals surface area contributed by atoms with E-state index in [-0.39, 0.29) is 30.8 Å². The van der Waals surface area contributed by atoms with Gasteiger partial charge in [-0.15, -0.1) is 0 Å². The van der Waals surface area contributed by atoms with Gasteiger partial charge >= 0.3 is 0 Å². The minimum absolute atomic E-state index is 0.0558. The average molecular weight is 205 g/mol. The molecule has 0 saturated carbocycles. The fraction of sp³-hybridized carbons (Fsp3) is 0.250. The van der Waals surface area contributed by atoms with Crippen LogP contribution in [0.15, 0.2) is 28.6 Å². The van der Waals surface area contributed by atoms with Gasteiger partial charge in [0.05, 0.1) is 12.1 Å². The van der Waals surface area contributed by atoms with Gasteiger partial charge in [0, 0.05) is 11.6 Å². The molecule has 0 aliphatic rings. The van der Waals surface area contributed by atoms with Crippen molar-refractivity contribution < 1.29 is 10.2 Å². The van der Waals surface area contributed by atoms with Crippen LogP contribution in [0, 0.1) is 0 Å². The van der Waals surface area contributed by atoms with Crippen molar-refractivity contribution in [2.24, 2.45) is 0 Å². The van der Waals surface area contributed by atoms with Gasteiger partial charge in [0.15, 0.2) is 0 Å². The highest BCUT2D eigenvalue weighted by atomic mass is 79.9. The summed E-state index contributed by atoms with van der Waals surface area (Å²) in [6, 6.07) is -0.593. The lowest BCUT2D eigenvalue weighted by atomic mass is 10.2. The molecule has 1 rings (SSSR count). The lowest BCUT2D eigenvalue weighted by Crippen LogP contribution is -1.87. The highest BCUT2D eigenvalue weighted by molar-refractivity contribution is 9.10. The molecule has 1 nitrogen and oxygen atoms in total. The Labute approximate surface area is 74.8 Å². The molecule has 0 amide bonds. The van der Waals surface area contributed by atoms with E-state index in [0.717, 1.165) is 0 Å². The summed E-state index contributed by atoms with van der Waals surface area (Å²) in [4.78, 5) is 0. The molecule has 0 saturated heterocycles. The molecule has 0 bridgehead atoms. The van der Waals surface area contributed by atoms with Crippen LogP contribution < -0.4 is 0 Å². The Morgan fingerprint density at radius 3 is 3.00 bits per heavy atom. The van der Waals surface area contributed by atoms with E-state index in [1.54, 1.807) is 0 Å². The summed E-state index contributed by atoms with van der Waals surface area (Å²) in [6.45, 7) is 0.164. The lowest BCUT2D eigenvalue weighted by Gasteiger charge is -2.00. The number of ether oxygens (including phenoxy) is 1. The van der Waals surface area contributed by atoms with E-state index in [0.29, 0.717) is 10.0 Å². The van der Waals surface area contributed by atoms with Gasteiger partial charge in [0.1, 0.15) is 0 Å². The topological polar surface area (TPSA) is 9.23 Å². The maximum absolute atomic E-state index is 7.58. The minimum Gasteiger partial charge on any atom is -0.380 e. The van der Waals surface area contributed by atoms with Crippen molar-refractivity contribution in [1.29, 1.82) is 0 Å². The molecule has 0 atom stereocenters. The van der Waals surface area contributed by atoms with E-state index in [4.69, 9.17) is 10.2 Å². The average Bonchev–Trinajstić information content (AvgIpc) is 2.19. The maximum atomic E-state index is 7.58. The van der Waals surface area contributed by atoms with Crippen LogP contribution in [-0.2, 0) is 11.3 Å². The first-order valence-corrected chi connectivity index (χ1v) is 3.53. The monoisotopic (exact) mass is 204 g/mol. The Morgan fingerprint density at radius 2 is 2.30 bits per heavy atom. The van der Waals surface area contributed by atoms with Gasteiger partial charge in [0.25, 0.3) is 0 Å². The zero-order valence-corrected chi connectivity index (χ0v) is 7.08. The van der Waals surface area contributed by atoms with E-state index in [2.05, 4.69) is 15.9 Å². The third-order valence-corrected chi connectivity index (χ3v) is 1.68. The van der Waals surface area contributed by atoms with E-state index < -0.39 is 0 Å². The predicted octanol–water partition coefficient (Wildman–Crippen LogP) is 2.60. The molecule has 0 aromatic heterocycles. The summed E-state index contributed by atoms with van der Waals surface area (Å²) in [7, 11) is 1.48. The summed E-state index contributed by atoms with van der Waals surface area (Å²) in [6.07, 6.45) is 0. The van der Waals surface area contributed by atoms with E-state index >= 15 is 0 Å². The zero-order chi connectivity index (χ0) is 10.9. The molecular weight excluding hydrogens is 192 g/mol. The van der Waals surface area contributed by atoms with Crippen LogP contribution in [0.2, 0.25) is 0 Å². The third-order valence-electron chi connectivity index (χ3n) is 1.00. The zero-order valence-electron chi connectivity index (χ0n) is 9.49. The van der Waals surface area contributed by atoms with Gasteiger partial charge in [-0.3, -0.25) is 0 Å². The van der Waals surface area contributed by atoms with Crippen LogP contribution in [0.4, 0.5) is 0 Å². The molecule has 0 spiro atoms. The van der Waals surface area contributed by atoms with Crippen molar-refractivity contribution in [2.45, 2.75) is 6.61 Å². The van der Waals surface area contributed by atoms with Crippen LogP contribution in [0.25, 0.3) is 0 Å². The Bertz CT molecular complexity index is 338. The van der Waals surface area contributed by atoms with Crippen molar-refractivity contribution in [3.63, 3.8) is 0 Å². The van der Waals surface area contributed by atoms with Crippen molar-refractivity contribution in [1.82, 2.24) is 0 Å². The minimum atomic E-state index is -0.235. The second-order valence-electron chi connectivity index (χ2n) is 1.73. The molecule has 1 aromatic rings. The van der Waals surface area contributed by atoms with Crippen molar-refractivity contribution in [2.75, 3.05) is 7.11 Å². The molecule has 0 N–H and O–H groups in total. The second kappa shape index (κ2) is 3.74. The molecule has 0 unspecified atom stereocenters. The summed E-state index contributed by atoms with van der Waals surface area (Å²) < 4.78 is 35.1. The fourth-order valence-corrected chi connectivity index (χ4v) is 0.880. The van der Waals surface area contributed by atoms with Crippen molar-refractivity contribution in [3.05, 3.63) is 34.2 Å². The standard InChI is InChI=1S/C8H9BrO/c1-10-6-7-4-2-3-5-8(7)9/h2-5H,6H2,1H3/i2D,3D,4D,5D. The fourth-order valence-electron chi connectivity index (χ4n) is 0.567. The quantitative estimate of drug-likeness (QED) is 0.720. The highest BCUT2D eigenvalue weighted by Crippen LogP contribution is 2.15. The largest absolute Gasteiger partial charge is 0.380 e. The molecule has 0 aliphatic heterocycles. The van der Waals surface area contributed by atoms with Gasteiger partial charge < -0.3 is 4.74 Å². The van der Waals surface area contributed by atoms with Crippen LogP contribution in [0.3, 0.4) is 0 Å². The van der Waals surface area contributed by atoms with Gasteiger partial charge in [-0.1, -0.05) is 34.1 Å². The molecule has 0 aliphatic carbocycles. The summed E-state index contributed by atoms with van der Waals surface area (Å²) in [5.74, 6) is 0. The summed E-state index contributed by atoms with van der Waals surface area (Å²) >= 11 is 3.13. The number of rotatable bonds is 2. The van der Waals surface area contributed by atoms with Crippen molar-refractivity contribution >= 4 is 15.9 Å². The third kappa shape index (κ3) is 1.82. The van der Waals surface area contributed by atoms with Gasteiger partial charge in [-0.05, 0) is 11.6 Å². The number of halogens is 1. The first-order valence-electron chi connectivity index (χ1n) is 4.74. The van der Waals surface area contributed by atoms with Gasteiger partial charge in [0.2, 0.25) is 0 Å². The number of hydrogen-bond acceptors (Lipinski definition) is 1. The Hall–Kier alpha value is -0.340. The van der Waals surface area contributed by atoms with Crippen LogP contribution in [0.1, 0.15) is 11.0 Å². The molecular formula is C8H9BrO. The molecule has 1 aromatic carbocycles. The Balaban J connectivity index is 3.43. The SMILES string of the molecule is [2H]c1c([2H])c([2H])c(COC)c(Br)c1[2H]. The van der Waals surface area contributed by atoms with Gasteiger partial charge in [-0.2, -0.15) is 0 Å². The first kappa shape index (κ1) is 3.88. The lowest BCUT2D eigenvalue weighted by molar-refractivity contribution is 0.184. The van der Waals surface area contributed by atoms with Crippen LogP contribution in [-0.4, -0.2) is 7.11 Å². The smallest absolute Gasteiger partial charge is 0.0724 e. The van der Waals surface area contributed by atoms with Gasteiger partial charge in [-0.25, -0.2) is 0 Å². The molecule has 10 heavy (non-hydrogen) atoms. The molecule has 54 valence electrons. The molecule has 2 heteroatoms. The summed E-state index contributed by atoms with van der Waals surface area (Å²) in [5, 5.41) is 0. The van der Waals surface area contributed by atoms with Crippen molar-refractivity contribution in [3.8, 4) is 0 Å². The van der Waals surface area contributed by atoms with E-state index in [1.165, 1.54) is 7.11 Å². The normalized spacial score (nSPS) is 15.4. The molecule has 0 fully saturated rings. The number of benzene rings is 1. The number of methoxy groups -OCH3 is 1. The van der Waals surface area contributed by atoms with E-state index in [9.17, 15) is 0 Å². The summed E-state index contributed by atoms with van der Waals surface area (Å²) in [5.41, 5.74) is 0.443. The Kier molecular flexibility index (Phi) is 1.45. The predicted molar refractivity (Wildman–Crippen MR) is 44.9 cm³/mol. The number of hydrogen-bond donors (Lipinski definition) is 0. The van der Waals surface area contributed by atoms with E-state index in [1.807, 2.05) is 0 Å². The van der Waals surface area contributed by atoms with Crippen LogP contribution >= 0.6 is 15.9 Å². The Morgan fingerprint density at radius 1 is 1.60 bits per heavy atom. The maximum Gasteiger partial charge on any atom is 0.0724 e. The molecule has 0 radical (unpaired) electrons. The highest BCUT2D eigenvalue weighted by Gasteiger charge is 1.94.